The van der Waals surface area contributed by atoms with Gasteiger partial charge in [0.2, 0.25) is 11.6 Å². The van der Waals surface area contributed by atoms with Gasteiger partial charge >= 0.3 is 6.18 Å². The van der Waals surface area contributed by atoms with Crippen molar-refractivity contribution in [3.63, 3.8) is 0 Å². The highest BCUT2D eigenvalue weighted by atomic mass is 32.1. The number of alkyl halides is 3. The first-order valence-electron chi connectivity index (χ1n) is 10.2. The number of hydrogen-bond donors (Lipinski definition) is 1. The Morgan fingerprint density at radius 1 is 1.26 bits per heavy atom. The van der Waals surface area contributed by atoms with Crippen LogP contribution in [0.5, 0.6) is 5.88 Å². The minimum Gasteiger partial charge on any atom is -0.462 e. The lowest BCUT2D eigenvalue weighted by Gasteiger charge is -2.38. The number of hydrogen-bond acceptors (Lipinski definition) is 8. The van der Waals surface area contributed by atoms with E-state index in [-0.39, 0.29) is 17.6 Å². The van der Waals surface area contributed by atoms with E-state index in [0.29, 0.717) is 17.8 Å². The molecule has 2 aliphatic rings. The molecule has 0 spiro atoms. The predicted octanol–water partition coefficient (Wildman–Crippen LogP) is 3.55. The summed E-state index contributed by atoms with van der Waals surface area (Å²) in [6.07, 6.45) is -1.36. The van der Waals surface area contributed by atoms with Crippen LogP contribution in [-0.2, 0) is 0 Å². The summed E-state index contributed by atoms with van der Waals surface area (Å²) in [4.78, 5) is 10.7. The SMILES string of the molecule is Cc1cc(N2C[C@H]3CC[C@@H](C2)C3Nc2nc3c(OC(C)C(F)(F)F)nccn3n2)sn1. The highest BCUT2D eigenvalue weighted by Crippen LogP contribution is 2.41. The fourth-order valence-corrected chi connectivity index (χ4v) is 5.24. The Bertz CT molecular complexity index is 1070. The Morgan fingerprint density at radius 3 is 2.65 bits per heavy atom. The van der Waals surface area contributed by atoms with Gasteiger partial charge in [-0.1, -0.05) is 0 Å². The average Bonchev–Trinajstić information content (AvgIpc) is 3.38. The van der Waals surface area contributed by atoms with Crippen molar-refractivity contribution < 1.29 is 17.9 Å². The number of fused-ring (bicyclic) bond motifs is 3. The first-order valence-corrected chi connectivity index (χ1v) is 10.9. The van der Waals surface area contributed by atoms with Gasteiger partial charge in [-0.05, 0) is 56.1 Å². The van der Waals surface area contributed by atoms with Crippen molar-refractivity contribution in [2.45, 2.75) is 45.0 Å². The van der Waals surface area contributed by atoms with Crippen molar-refractivity contribution in [3.05, 3.63) is 24.2 Å². The van der Waals surface area contributed by atoms with Crippen LogP contribution in [0.4, 0.5) is 24.1 Å². The van der Waals surface area contributed by atoms with Gasteiger partial charge in [-0.3, -0.25) is 0 Å². The van der Waals surface area contributed by atoms with Crippen LogP contribution < -0.4 is 15.0 Å². The quantitative estimate of drug-likeness (QED) is 0.633. The predicted molar refractivity (Wildman–Crippen MR) is 110 cm³/mol. The Hall–Kier alpha value is -2.63. The third-order valence-electron chi connectivity index (χ3n) is 6.03. The number of ether oxygens (including phenoxy) is 1. The molecule has 2 unspecified atom stereocenters. The van der Waals surface area contributed by atoms with Gasteiger partial charge in [0.25, 0.3) is 5.88 Å². The number of aromatic nitrogens is 5. The molecule has 2 fully saturated rings. The van der Waals surface area contributed by atoms with E-state index in [1.54, 1.807) is 6.20 Å². The maximum absolute atomic E-state index is 12.9. The normalized spacial score (nSPS) is 24.5. The van der Waals surface area contributed by atoms with Gasteiger partial charge in [0.15, 0.2) is 6.10 Å². The summed E-state index contributed by atoms with van der Waals surface area (Å²) < 4.78 is 49.4. The Balaban J connectivity index is 1.33. The molecule has 0 radical (unpaired) electrons. The first kappa shape index (κ1) is 20.3. The number of rotatable bonds is 5. The molecular formula is C19H22F3N7OS. The molecule has 1 aliphatic carbocycles. The number of piperidine rings is 1. The van der Waals surface area contributed by atoms with Gasteiger partial charge in [0.05, 0.1) is 5.69 Å². The fourth-order valence-electron chi connectivity index (χ4n) is 4.46. The molecule has 3 aromatic heterocycles. The second kappa shape index (κ2) is 7.50. The Labute approximate surface area is 180 Å². The molecule has 4 atom stereocenters. The van der Waals surface area contributed by atoms with Crippen molar-refractivity contribution in [2.24, 2.45) is 11.8 Å². The van der Waals surface area contributed by atoms with E-state index in [1.807, 2.05) is 6.92 Å². The topological polar surface area (TPSA) is 80.5 Å². The maximum atomic E-state index is 12.9. The molecule has 1 N–H and O–H groups in total. The van der Waals surface area contributed by atoms with Gasteiger partial charge in [-0.2, -0.15) is 22.5 Å². The second-order valence-electron chi connectivity index (χ2n) is 8.22. The largest absolute Gasteiger partial charge is 0.462 e. The molecule has 8 nitrogen and oxygen atoms in total. The van der Waals surface area contributed by atoms with E-state index in [0.717, 1.165) is 38.5 Å². The monoisotopic (exact) mass is 453 g/mol. The van der Waals surface area contributed by atoms with Gasteiger partial charge in [-0.15, -0.1) is 5.10 Å². The van der Waals surface area contributed by atoms with Gasteiger partial charge in [0.1, 0.15) is 5.00 Å². The number of anilines is 2. The van der Waals surface area contributed by atoms with Crippen molar-refractivity contribution in [2.75, 3.05) is 23.3 Å². The summed E-state index contributed by atoms with van der Waals surface area (Å²) in [5, 5.41) is 9.02. The molecule has 31 heavy (non-hydrogen) atoms. The number of nitrogens with zero attached hydrogens (tertiary/aromatic N) is 6. The smallest absolute Gasteiger partial charge is 0.425 e. The van der Waals surface area contributed by atoms with E-state index >= 15 is 0 Å². The lowest BCUT2D eigenvalue weighted by molar-refractivity contribution is -0.189. The summed E-state index contributed by atoms with van der Waals surface area (Å²) >= 11 is 1.53. The lowest BCUT2D eigenvalue weighted by atomic mass is 9.92. The lowest BCUT2D eigenvalue weighted by Crippen LogP contribution is -2.48. The van der Waals surface area contributed by atoms with E-state index < -0.39 is 12.3 Å². The van der Waals surface area contributed by atoms with Crippen LogP contribution in [0.1, 0.15) is 25.5 Å². The van der Waals surface area contributed by atoms with Gasteiger partial charge < -0.3 is 15.0 Å². The highest BCUT2D eigenvalue weighted by Gasteiger charge is 2.43. The van der Waals surface area contributed by atoms with Crippen LogP contribution in [0.15, 0.2) is 18.5 Å². The molecule has 12 heteroatoms. The second-order valence-corrected chi connectivity index (χ2v) is 9.00. The maximum Gasteiger partial charge on any atom is 0.425 e. The minimum atomic E-state index is -4.49. The zero-order valence-electron chi connectivity index (χ0n) is 17.0. The van der Waals surface area contributed by atoms with Crippen LogP contribution >= 0.6 is 11.5 Å². The number of nitrogens with one attached hydrogen (secondary N) is 1. The molecule has 2 bridgehead atoms. The van der Waals surface area contributed by atoms with Crippen LogP contribution in [0.3, 0.4) is 0 Å². The molecule has 3 aromatic rings. The summed E-state index contributed by atoms with van der Waals surface area (Å²) in [6.45, 7) is 4.81. The third-order valence-corrected chi connectivity index (χ3v) is 6.97. The molecule has 166 valence electrons. The Morgan fingerprint density at radius 2 is 2.00 bits per heavy atom. The van der Waals surface area contributed by atoms with E-state index in [2.05, 4.69) is 35.7 Å². The molecule has 1 saturated heterocycles. The number of aryl methyl sites for hydroxylation is 1. The highest BCUT2D eigenvalue weighted by molar-refractivity contribution is 7.10. The van der Waals surface area contributed by atoms with Crippen molar-refractivity contribution in [3.8, 4) is 5.88 Å². The molecule has 1 aliphatic heterocycles. The summed E-state index contributed by atoms with van der Waals surface area (Å²) in [5.74, 6) is 1.06. The zero-order valence-corrected chi connectivity index (χ0v) is 17.8. The summed E-state index contributed by atoms with van der Waals surface area (Å²) in [6, 6.07) is 2.34. The standard InChI is InChI=1S/C19H22F3N7OS/c1-10-7-14(31-27-10)28-8-12-3-4-13(9-28)15(12)24-18-25-16-17(23-5-6-29(16)26-18)30-11(2)19(20,21)22/h5-7,11-13,15H,3-4,8-9H2,1-2H3,(H,24,26)/t11?,12-,13+,15?. The summed E-state index contributed by atoms with van der Waals surface area (Å²) in [5.41, 5.74) is 1.19. The van der Waals surface area contributed by atoms with Crippen LogP contribution in [0, 0.1) is 18.8 Å². The van der Waals surface area contributed by atoms with Crippen molar-refractivity contribution in [1.82, 2.24) is 24.0 Å². The van der Waals surface area contributed by atoms with Gasteiger partial charge in [-0.25, -0.2) is 9.50 Å². The van der Waals surface area contributed by atoms with E-state index in [1.165, 1.54) is 27.2 Å². The third kappa shape index (κ3) is 3.88. The molecular weight excluding hydrogens is 431 g/mol. The molecule has 0 aromatic carbocycles. The molecule has 4 heterocycles. The molecule has 0 amide bonds. The van der Waals surface area contributed by atoms with Crippen molar-refractivity contribution in [1.29, 1.82) is 0 Å². The van der Waals surface area contributed by atoms with E-state index in [9.17, 15) is 13.2 Å². The first-order chi connectivity index (χ1) is 14.8. The van der Waals surface area contributed by atoms with Crippen LogP contribution in [0.25, 0.3) is 5.65 Å². The number of halogens is 3. The minimum absolute atomic E-state index is 0.158. The molecule has 1 saturated carbocycles. The summed E-state index contributed by atoms with van der Waals surface area (Å²) in [7, 11) is 0. The van der Waals surface area contributed by atoms with E-state index in [4.69, 9.17) is 4.74 Å². The zero-order chi connectivity index (χ0) is 21.8. The van der Waals surface area contributed by atoms with Crippen LogP contribution in [-0.4, -0.2) is 55.4 Å². The fraction of sp³-hybridized carbons (Fsp3) is 0.579. The van der Waals surface area contributed by atoms with Gasteiger partial charge in [0, 0.05) is 31.5 Å². The average molecular weight is 453 g/mol. The molecule has 5 rings (SSSR count). The van der Waals surface area contributed by atoms with Crippen molar-refractivity contribution >= 4 is 28.1 Å². The Kier molecular flexibility index (Phi) is 4.91. The van der Waals surface area contributed by atoms with Crippen LogP contribution in [0.2, 0.25) is 0 Å².